The molecule has 0 bridgehead atoms. The van der Waals surface area contributed by atoms with Crippen LogP contribution < -0.4 is 10.6 Å². The zero-order valence-electron chi connectivity index (χ0n) is 11.6. The number of pyridine rings is 1. The largest absolute Gasteiger partial charge is 0.354 e. The first-order chi connectivity index (χ1) is 9.25. The molecule has 0 unspecified atom stereocenters. The lowest BCUT2D eigenvalue weighted by molar-refractivity contribution is 0.176. The maximum atomic E-state index is 6.29. The van der Waals surface area contributed by atoms with Crippen LogP contribution in [0.2, 0.25) is 0 Å². The summed E-state index contributed by atoms with van der Waals surface area (Å²) in [7, 11) is 0. The first-order valence-electron chi connectivity index (χ1n) is 7.42. The second-order valence-corrected chi connectivity index (χ2v) is 5.98. The van der Waals surface area contributed by atoms with Gasteiger partial charge in [-0.15, -0.1) is 0 Å². The third kappa shape index (κ3) is 3.07. The van der Waals surface area contributed by atoms with Gasteiger partial charge < -0.3 is 10.6 Å². The molecule has 4 nitrogen and oxygen atoms in total. The average molecular weight is 260 g/mol. The molecule has 19 heavy (non-hydrogen) atoms. The van der Waals surface area contributed by atoms with E-state index in [0.29, 0.717) is 0 Å². The molecule has 1 aromatic heterocycles. The van der Waals surface area contributed by atoms with Crippen LogP contribution in [0.4, 0.5) is 5.82 Å². The molecule has 1 aliphatic heterocycles. The van der Waals surface area contributed by atoms with E-state index >= 15 is 0 Å². The predicted molar refractivity (Wildman–Crippen MR) is 78.3 cm³/mol. The van der Waals surface area contributed by atoms with Gasteiger partial charge in [0.25, 0.3) is 0 Å². The van der Waals surface area contributed by atoms with Crippen LogP contribution in [0.1, 0.15) is 25.7 Å². The topological polar surface area (TPSA) is 45.4 Å². The third-order valence-electron chi connectivity index (χ3n) is 4.62. The summed E-state index contributed by atoms with van der Waals surface area (Å²) in [6, 6.07) is 6.13. The summed E-state index contributed by atoms with van der Waals surface area (Å²) in [5, 5.41) is 0. The van der Waals surface area contributed by atoms with Crippen molar-refractivity contribution in [2.45, 2.75) is 31.2 Å². The van der Waals surface area contributed by atoms with Crippen molar-refractivity contribution in [3.05, 3.63) is 24.4 Å². The normalized spacial score (nSPS) is 23.1. The molecule has 1 aliphatic carbocycles. The van der Waals surface area contributed by atoms with Gasteiger partial charge in [0.05, 0.1) is 0 Å². The van der Waals surface area contributed by atoms with Gasteiger partial charge in [-0.05, 0) is 37.8 Å². The summed E-state index contributed by atoms with van der Waals surface area (Å²) in [5.41, 5.74) is 6.46. The van der Waals surface area contributed by atoms with Crippen LogP contribution in [-0.4, -0.2) is 48.1 Å². The van der Waals surface area contributed by atoms with Gasteiger partial charge in [0, 0.05) is 44.5 Å². The number of hydrogen-bond donors (Lipinski definition) is 1. The van der Waals surface area contributed by atoms with Crippen molar-refractivity contribution in [1.29, 1.82) is 0 Å². The summed E-state index contributed by atoms with van der Waals surface area (Å²) in [6.45, 7) is 5.58. The number of nitrogens with zero attached hydrogens (tertiary/aromatic N) is 3. The van der Waals surface area contributed by atoms with Gasteiger partial charge in [0.15, 0.2) is 0 Å². The number of rotatable bonds is 4. The van der Waals surface area contributed by atoms with Gasteiger partial charge in [-0.25, -0.2) is 4.98 Å². The Hall–Kier alpha value is -1.13. The molecule has 2 heterocycles. The molecule has 0 spiro atoms. The van der Waals surface area contributed by atoms with E-state index in [1.54, 1.807) is 0 Å². The second kappa shape index (κ2) is 5.47. The van der Waals surface area contributed by atoms with Crippen molar-refractivity contribution >= 4 is 5.82 Å². The van der Waals surface area contributed by atoms with E-state index in [1.165, 1.54) is 19.3 Å². The van der Waals surface area contributed by atoms with E-state index in [0.717, 1.165) is 45.0 Å². The zero-order valence-corrected chi connectivity index (χ0v) is 11.6. The monoisotopic (exact) mass is 260 g/mol. The maximum Gasteiger partial charge on any atom is 0.128 e. The van der Waals surface area contributed by atoms with Crippen molar-refractivity contribution in [3.63, 3.8) is 0 Å². The smallest absolute Gasteiger partial charge is 0.128 e. The molecular weight excluding hydrogens is 236 g/mol. The molecule has 2 aliphatic rings. The van der Waals surface area contributed by atoms with Crippen molar-refractivity contribution < 1.29 is 0 Å². The van der Waals surface area contributed by atoms with Crippen LogP contribution in [0.5, 0.6) is 0 Å². The minimum Gasteiger partial charge on any atom is -0.354 e. The van der Waals surface area contributed by atoms with Crippen LogP contribution in [0.3, 0.4) is 0 Å². The van der Waals surface area contributed by atoms with E-state index < -0.39 is 0 Å². The maximum absolute atomic E-state index is 6.29. The first-order valence-corrected chi connectivity index (χ1v) is 7.42. The Morgan fingerprint density at radius 2 is 1.95 bits per heavy atom. The highest BCUT2D eigenvalue weighted by Crippen LogP contribution is 2.32. The molecule has 0 aromatic carbocycles. The molecule has 1 aromatic rings. The van der Waals surface area contributed by atoms with Crippen LogP contribution >= 0.6 is 0 Å². The highest BCUT2D eigenvalue weighted by Gasteiger charge is 2.32. The standard InChI is InChI=1S/C15H24N4/c16-15(5-3-6-15)7-9-18-10-12-19(13-11-18)14-4-1-2-8-17-14/h1-2,4,8H,3,5-7,9-13,16H2. The van der Waals surface area contributed by atoms with E-state index in [9.17, 15) is 0 Å². The van der Waals surface area contributed by atoms with Gasteiger partial charge in [0.1, 0.15) is 5.82 Å². The Kier molecular flexibility index (Phi) is 3.71. The highest BCUT2D eigenvalue weighted by atomic mass is 15.3. The first kappa shape index (κ1) is 12.9. The van der Waals surface area contributed by atoms with Gasteiger partial charge in [0.2, 0.25) is 0 Å². The minimum atomic E-state index is 0.165. The Morgan fingerprint density at radius 3 is 2.53 bits per heavy atom. The van der Waals surface area contributed by atoms with E-state index in [1.807, 2.05) is 12.3 Å². The lowest BCUT2D eigenvalue weighted by Gasteiger charge is -2.41. The quantitative estimate of drug-likeness (QED) is 0.890. The molecule has 0 radical (unpaired) electrons. The number of hydrogen-bond acceptors (Lipinski definition) is 4. The van der Waals surface area contributed by atoms with Gasteiger partial charge in [-0.3, -0.25) is 4.90 Å². The number of anilines is 1. The van der Waals surface area contributed by atoms with E-state index in [4.69, 9.17) is 5.73 Å². The molecule has 4 heteroatoms. The Labute approximate surface area is 115 Å². The zero-order chi connectivity index (χ0) is 13.1. The number of piperazine rings is 1. The Bertz CT molecular complexity index is 394. The lowest BCUT2D eigenvalue weighted by atomic mass is 9.75. The van der Waals surface area contributed by atoms with Crippen LogP contribution in [-0.2, 0) is 0 Å². The lowest BCUT2D eigenvalue weighted by Crippen LogP contribution is -2.52. The molecule has 1 saturated carbocycles. The summed E-state index contributed by atoms with van der Waals surface area (Å²) in [5.74, 6) is 1.11. The van der Waals surface area contributed by atoms with Crippen LogP contribution in [0.15, 0.2) is 24.4 Å². The number of nitrogens with two attached hydrogens (primary N) is 1. The molecular formula is C15H24N4. The summed E-state index contributed by atoms with van der Waals surface area (Å²) < 4.78 is 0. The van der Waals surface area contributed by atoms with Crippen molar-refractivity contribution in [2.24, 2.45) is 5.73 Å². The molecule has 3 rings (SSSR count). The summed E-state index contributed by atoms with van der Waals surface area (Å²) >= 11 is 0. The second-order valence-electron chi connectivity index (χ2n) is 5.98. The Balaban J connectivity index is 1.44. The fraction of sp³-hybridized carbons (Fsp3) is 0.667. The number of aromatic nitrogens is 1. The predicted octanol–water partition coefficient (Wildman–Crippen LogP) is 1.48. The minimum absolute atomic E-state index is 0.165. The highest BCUT2D eigenvalue weighted by molar-refractivity contribution is 5.38. The SMILES string of the molecule is NC1(CCN2CCN(c3ccccn3)CC2)CCC1. The van der Waals surface area contributed by atoms with Gasteiger partial charge >= 0.3 is 0 Å². The van der Waals surface area contributed by atoms with Gasteiger partial charge in [-0.1, -0.05) is 6.07 Å². The summed E-state index contributed by atoms with van der Waals surface area (Å²) in [4.78, 5) is 9.34. The molecule has 2 fully saturated rings. The van der Waals surface area contributed by atoms with E-state index in [2.05, 4.69) is 26.9 Å². The van der Waals surface area contributed by atoms with Gasteiger partial charge in [-0.2, -0.15) is 0 Å². The fourth-order valence-corrected chi connectivity index (χ4v) is 3.00. The average Bonchev–Trinajstić information content (AvgIpc) is 2.45. The van der Waals surface area contributed by atoms with Crippen molar-refractivity contribution in [1.82, 2.24) is 9.88 Å². The molecule has 0 atom stereocenters. The molecule has 2 N–H and O–H groups in total. The third-order valence-corrected chi connectivity index (χ3v) is 4.62. The van der Waals surface area contributed by atoms with Crippen molar-refractivity contribution in [2.75, 3.05) is 37.6 Å². The van der Waals surface area contributed by atoms with Crippen LogP contribution in [0, 0.1) is 0 Å². The Morgan fingerprint density at radius 1 is 1.16 bits per heavy atom. The molecule has 104 valence electrons. The van der Waals surface area contributed by atoms with Crippen molar-refractivity contribution in [3.8, 4) is 0 Å². The molecule has 1 saturated heterocycles. The fourth-order valence-electron chi connectivity index (χ4n) is 3.00. The summed E-state index contributed by atoms with van der Waals surface area (Å²) in [6.07, 6.45) is 6.80. The van der Waals surface area contributed by atoms with E-state index in [-0.39, 0.29) is 5.54 Å². The van der Waals surface area contributed by atoms with Crippen LogP contribution in [0.25, 0.3) is 0 Å². The molecule has 0 amide bonds.